The van der Waals surface area contributed by atoms with E-state index < -0.39 is 0 Å². The highest BCUT2D eigenvalue weighted by atomic mass is 32.2. The van der Waals surface area contributed by atoms with Gasteiger partial charge in [0.25, 0.3) is 5.91 Å². The number of carbonyl (C=O) groups is 1. The molecule has 26 heavy (non-hydrogen) atoms. The molecule has 0 radical (unpaired) electrons. The van der Waals surface area contributed by atoms with Gasteiger partial charge in [-0.05, 0) is 42.8 Å². The van der Waals surface area contributed by atoms with Gasteiger partial charge in [-0.15, -0.1) is 0 Å². The Morgan fingerprint density at radius 1 is 1.38 bits per heavy atom. The van der Waals surface area contributed by atoms with Gasteiger partial charge in [-0.3, -0.25) is 4.79 Å². The lowest BCUT2D eigenvalue weighted by Gasteiger charge is -2.10. The van der Waals surface area contributed by atoms with Crippen molar-refractivity contribution in [3.8, 4) is 11.5 Å². The van der Waals surface area contributed by atoms with E-state index in [0.29, 0.717) is 18.1 Å². The number of ether oxygens (including phenoxy) is 2. The lowest BCUT2D eigenvalue weighted by atomic mass is 10.2. The number of hydrogen-bond acceptors (Lipinski definition) is 6. The van der Waals surface area contributed by atoms with Gasteiger partial charge in [0.1, 0.15) is 6.61 Å². The zero-order chi connectivity index (χ0) is 18.8. The molecule has 136 valence electrons. The van der Waals surface area contributed by atoms with E-state index in [1.165, 1.54) is 11.8 Å². The summed E-state index contributed by atoms with van der Waals surface area (Å²) in [5.74, 6) is 1.00. The van der Waals surface area contributed by atoms with Crippen LogP contribution >= 0.6 is 11.8 Å². The second kappa shape index (κ2) is 10.2. The van der Waals surface area contributed by atoms with Crippen LogP contribution in [0.5, 0.6) is 11.5 Å². The molecular formula is C19H21N3O3S. The maximum Gasteiger partial charge on any atom is 0.253 e. The molecule has 1 heterocycles. The molecule has 1 aromatic carbocycles. The van der Waals surface area contributed by atoms with Crippen LogP contribution in [0.1, 0.15) is 12.5 Å². The van der Waals surface area contributed by atoms with Crippen LogP contribution in [-0.4, -0.2) is 36.1 Å². The van der Waals surface area contributed by atoms with Crippen molar-refractivity contribution in [3.63, 3.8) is 0 Å². The first-order valence-electron chi connectivity index (χ1n) is 7.96. The number of benzene rings is 1. The van der Waals surface area contributed by atoms with Crippen molar-refractivity contribution in [2.75, 3.05) is 13.7 Å². The monoisotopic (exact) mass is 371 g/mol. The molecule has 0 spiro atoms. The molecule has 0 aliphatic heterocycles. The van der Waals surface area contributed by atoms with Crippen LogP contribution < -0.4 is 14.9 Å². The summed E-state index contributed by atoms with van der Waals surface area (Å²) >= 11 is 1.37. The number of hydrazone groups is 1. The van der Waals surface area contributed by atoms with Crippen molar-refractivity contribution >= 4 is 23.9 Å². The van der Waals surface area contributed by atoms with E-state index in [1.54, 1.807) is 44.7 Å². The number of amides is 1. The van der Waals surface area contributed by atoms with Crippen LogP contribution in [0.25, 0.3) is 0 Å². The molecule has 0 saturated heterocycles. The molecule has 1 N–H and O–H groups in total. The first kappa shape index (κ1) is 19.5. The van der Waals surface area contributed by atoms with Crippen LogP contribution in [-0.2, 0) is 4.79 Å². The summed E-state index contributed by atoms with van der Waals surface area (Å²) in [5, 5.41) is 4.48. The van der Waals surface area contributed by atoms with E-state index in [1.807, 2.05) is 24.3 Å². The number of thioether (sulfide) groups is 1. The molecular weight excluding hydrogens is 350 g/mol. The van der Waals surface area contributed by atoms with Crippen LogP contribution in [0, 0.1) is 0 Å². The van der Waals surface area contributed by atoms with Crippen molar-refractivity contribution in [3.05, 3.63) is 60.8 Å². The maximum atomic E-state index is 12.1. The Kier molecular flexibility index (Phi) is 7.70. The molecule has 0 fully saturated rings. The lowest BCUT2D eigenvalue weighted by Crippen LogP contribution is -2.26. The Morgan fingerprint density at radius 2 is 2.23 bits per heavy atom. The summed E-state index contributed by atoms with van der Waals surface area (Å²) in [7, 11) is 1.56. The third kappa shape index (κ3) is 5.93. The summed E-state index contributed by atoms with van der Waals surface area (Å²) in [6.45, 7) is 5.81. The van der Waals surface area contributed by atoms with Gasteiger partial charge in [-0.2, -0.15) is 5.10 Å². The van der Waals surface area contributed by atoms with Crippen molar-refractivity contribution in [1.82, 2.24) is 10.4 Å². The number of nitrogens with one attached hydrogen (secondary N) is 1. The SMILES string of the molecule is C=CCOc1ccc(/C=N\NC(=O)[C@H](C)Sc2ccccn2)cc1OC. The molecule has 2 aromatic rings. The number of nitrogens with zero attached hydrogens (tertiary/aromatic N) is 2. The van der Waals surface area contributed by atoms with Crippen molar-refractivity contribution in [1.29, 1.82) is 0 Å². The first-order chi connectivity index (χ1) is 12.6. The minimum atomic E-state index is -0.314. The fourth-order valence-corrected chi connectivity index (χ4v) is 2.75. The fraction of sp³-hybridized carbons (Fsp3) is 0.211. The molecule has 1 amide bonds. The molecule has 0 aliphatic rings. The summed E-state index contributed by atoms with van der Waals surface area (Å²) in [6.07, 6.45) is 4.91. The Balaban J connectivity index is 1.92. The number of methoxy groups -OCH3 is 1. The topological polar surface area (TPSA) is 72.8 Å². The van der Waals surface area contributed by atoms with Gasteiger partial charge in [0, 0.05) is 6.20 Å². The second-order valence-corrected chi connectivity index (χ2v) is 6.53. The molecule has 0 unspecified atom stereocenters. The van der Waals surface area contributed by atoms with Crippen molar-refractivity contribution < 1.29 is 14.3 Å². The maximum absolute atomic E-state index is 12.1. The smallest absolute Gasteiger partial charge is 0.253 e. The van der Waals surface area contributed by atoms with Crippen molar-refractivity contribution in [2.24, 2.45) is 5.10 Å². The lowest BCUT2D eigenvalue weighted by molar-refractivity contribution is -0.120. The summed E-state index contributed by atoms with van der Waals surface area (Å²) in [5.41, 5.74) is 3.31. The Labute approximate surface area is 157 Å². The van der Waals surface area contributed by atoms with E-state index in [9.17, 15) is 4.79 Å². The zero-order valence-electron chi connectivity index (χ0n) is 14.7. The summed E-state index contributed by atoms with van der Waals surface area (Å²) < 4.78 is 10.8. The van der Waals surface area contributed by atoms with E-state index in [-0.39, 0.29) is 11.2 Å². The van der Waals surface area contributed by atoms with Gasteiger partial charge in [-0.1, -0.05) is 30.5 Å². The summed E-state index contributed by atoms with van der Waals surface area (Å²) in [6, 6.07) is 11.0. The molecule has 1 atom stereocenters. The molecule has 0 aliphatic carbocycles. The first-order valence-corrected chi connectivity index (χ1v) is 8.84. The molecule has 0 saturated carbocycles. The minimum Gasteiger partial charge on any atom is -0.493 e. The molecule has 1 aromatic heterocycles. The highest BCUT2D eigenvalue weighted by Gasteiger charge is 2.14. The van der Waals surface area contributed by atoms with E-state index in [0.717, 1.165) is 10.6 Å². The van der Waals surface area contributed by atoms with E-state index >= 15 is 0 Å². The fourth-order valence-electron chi connectivity index (χ4n) is 1.95. The van der Waals surface area contributed by atoms with Crippen molar-refractivity contribution in [2.45, 2.75) is 17.2 Å². The van der Waals surface area contributed by atoms with Gasteiger partial charge in [-0.25, -0.2) is 10.4 Å². The number of aromatic nitrogens is 1. The summed E-state index contributed by atoms with van der Waals surface area (Å²) in [4.78, 5) is 16.3. The average Bonchev–Trinajstić information content (AvgIpc) is 2.67. The van der Waals surface area contributed by atoms with Crippen LogP contribution in [0.4, 0.5) is 0 Å². The predicted octanol–water partition coefficient (Wildman–Crippen LogP) is 3.29. The average molecular weight is 371 g/mol. The molecule has 7 heteroatoms. The third-order valence-corrected chi connectivity index (χ3v) is 4.29. The van der Waals surface area contributed by atoms with Crippen LogP contribution in [0.3, 0.4) is 0 Å². The van der Waals surface area contributed by atoms with E-state index in [4.69, 9.17) is 9.47 Å². The molecule has 0 bridgehead atoms. The Hall–Kier alpha value is -2.80. The number of hydrogen-bond donors (Lipinski definition) is 1. The highest BCUT2D eigenvalue weighted by Crippen LogP contribution is 2.27. The second-order valence-electron chi connectivity index (χ2n) is 5.17. The predicted molar refractivity (Wildman–Crippen MR) is 104 cm³/mol. The molecule has 6 nitrogen and oxygen atoms in total. The number of rotatable bonds is 9. The van der Waals surface area contributed by atoms with Gasteiger partial charge in [0.05, 0.1) is 23.6 Å². The zero-order valence-corrected chi connectivity index (χ0v) is 15.5. The van der Waals surface area contributed by atoms with Gasteiger partial charge < -0.3 is 9.47 Å². The Morgan fingerprint density at radius 3 is 2.92 bits per heavy atom. The van der Waals surface area contributed by atoms with Gasteiger partial charge in [0.15, 0.2) is 11.5 Å². The highest BCUT2D eigenvalue weighted by molar-refractivity contribution is 8.00. The minimum absolute atomic E-state index is 0.199. The number of carbonyl (C=O) groups excluding carboxylic acids is 1. The van der Waals surface area contributed by atoms with Crippen LogP contribution in [0.15, 0.2) is 65.4 Å². The molecule has 2 rings (SSSR count). The van der Waals surface area contributed by atoms with E-state index in [2.05, 4.69) is 22.1 Å². The quantitative estimate of drug-likeness (QED) is 0.317. The van der Waals surface area contributed by atoms with Gasteiger partial charge >= 0.3 is 0 Å². The Bertz CT molecular complexity index is 766. The normalized spacial score (nSPS) is 11.8. The largest absolute Gasteiger partial charge is 0.493 e. The van der Waals surface area contributed by atoms with Crippen LogP contribution in [0.2, 0.25) is 0 Å². The number of pyridine rings is 1. The third-order valence-electron chi connectivity index (χ3n) is 3.24. The standard InChI is InChI=1S/C19H21N3O3S/c1-4-11-25-16-9-8-15(12-17(16)24-3)13-21-22-19(23)14(2)26-18-7-5-6-10-20-18/h4-10,12-14H,1,11H2,2-3H3,(H,22,23)/b21-13-/t14-/m0/s1. The van der Waals surface area contributed by atoms with Gasteiger partial charge in [0.2, 0.25) is 0 Å².